The van der Waals surface area contributed by atoms with Crippen LogP contribution < -0.4 is 4.74 Å². The average molecular weight is 392 g/mol. The number of piperidine rings is 1. The van der Waals surface area contributed by atoms with Crippen LogP contribution >= 0.6 is 0 Å². The van der Waals surface area contributed by atoms with Crippen molar-refractivity contribution in [3.05, 3.63) is 78.1 Å². The van der Waals surface area contributed by atoms with Gasteiger partial charge in [-0.3, -0.25) is 4.90 Å². The molecule has 0 spiro atoms. The molecule has 0 radical (unpaired) electrons. The van der Waals surface area contributed by atoms with Crippen LogP contribution in [0, 0.1) is 5.41 Å². The van der Waals surface area contributed by atoms with Gasteiger partial charge in [0.1, 0.15) is 5.75 Å². The molecule has 29 heavy (non-hydrogen) atoms. The first kappa shape index (κ1) is 19.7. The highest BCUT2D eigenvalue weighted by atomic mass is 16.5. The van der Waals surface area contributed by atoms with Crippen molar-refractivity contribution in [3.8, 4) is 11.4 Å². The average Bonchev–Trinajstić information content (AvgIpc) is 3.23. The Morgan fingerprint density at radius 3 is 2.76 bits per heavy atom. The van der Waals surface area contributed by atoms with Crippen molar-refractivity contribution < 1.29 is 9.84 Å². The highest BCUT2D eigenvalue weighted by Gasteiger charge is 2.35. The van der Waals surface area contributed by atoms with Gasteiger partial charge in [-0.15, -0.1) is 0 Å². The van der Waals surface area contributed by atoms with E-state index in [9.17, 15) is 5.11 Å². The summed E-state index contributed by atoms with van der Waals surface area (Å²) in [6.07, 6.45) is 7.05. The van der Waals surface area contributed by atoms with E-state index in [1.807, 2.05) is 41.2 Å². The number of hydrogen-bond acceptors (Lipinski definition) is 4. The lowest BCUT2D eigenvalue weighted by Crippen LogP contribution is -2.46. The largest absolute Gasteiger partial charge is 0.497 e. The molecule has 2 aromatic carbocycles. The van der Waals surface area contributed by atoms with Crippen LogP contribution in [0.5, 0.6) is 5.75 Å². The molecule has 1 fully saturated rings. The van der Waals surface area contributed by atoms with E-state index in [4.69, 9.17) is 4.74 Å². The molecule has 3 aromatic rings. The van der Waals surface area contributed by atoms with Crippen molar-refractivity contribution in [1.29, 1.82) is 0 Å². The van der Waals surface area contributed by atoms with Gasteiger partial charge in [-0.05, 0) is 55.6 Å². The van der Waals surface area contributed by atoms with Gasteiger partial charge in [0.25, 0.3) is 0 Å². The summed E-state index contributed by atoms with van der Waals surface area (Å²) in [5, 5.41) is 14.8. The molecule has 0 bridgehead atoms. The van der Waals surface area contributed by atoms with Crippen LogP contribution in [0.3, 0.4) is 0 Å². The number of para-hydroxylation sites is 1. The quantitative estimate of drug-likeness (QED) is 0.667. The Balaban J connectivity index is 1.45. The molecule has 1 saturated heterocycles. The number of benzene rings is 2. The zero-order valence-corrected chi connectivity index (χ0v) is 17.0. The molecule has 0 aliphatic carbocycles. The fourth-order valence-corrected chi connectivity index (χ4v) is 4.41. The third-order valence-corrected chi connectivity index (χ3v) is 5.85. The van der Waals surface area contributed by atoms with Crippen LogP contribution in [-0.4, -0.2) is 46.6 Å². The van der Waals surface area contributed by atoms with E-state index < -0.39 is 0 Å². The predicted octanol–water partition coefficient (Wildman–Crippen LogP) is 3.70. The molecular formula is C24H29N3O2. The minimum atomic E-state index is -0.111. The van der Waals surface area contributed by atoms with Gasteiger partial charge in [0.2, 0.25) is 0 Å². The maximum Gasteiger partial charge on any atom is 0.119 e. The molecule has 5 heteroatoms. The van der Waals surface area contributed by atoms with Crippen molar-refractivity contribution in [2.45, 2.75) is 25.8 Å². The van der Waals surface area contributed by atoms with E-state index in [1.165, 1.54) is 11.1 Å². The highest BCUT2D eigenvalue weighted by Crippen LogP contribution is 2.34. The maximum atomic E-state index is 10.3. The number of aromatic nitrogens is 2. The van der Waals surface area contributed by atoms with Crippen molar-refractivity contribution in [1.82, 2.24) is 14.7 Å². The predicted molar refractivity (Wildman–Crippen MR) is 114 cm³/mol. The minimum Gasteiger partial charge on any atom is -0.497 e. The van der Waals surface area contributed by atoms with Crippen LogP contribution in [0.25, 0.3) is 5.69 Å². The normalized spacial score (nSPS) is 19.9. The van der Waals surface area contributed by atoms with Gasteiger partial charge < -0.3 is 9.84 Å². The van der Waals surface area contributed by atoms with Gasteiger partial charge in [-0.1, -0.05) is 30.3 Å². The SMILES string of the molecule is COc1cccc(CC2(CO)CCCN(Cc3cnn(-c4ccccc4)c3)C2)c1. The van der Waals surface area contributed by atoms with E-state index in [1.54, 1.807) is 7.11 Å². The van der Waals surface area contributed by atoms with Crippen LogP contribution in [0.1, 0.15) is 24.0 Å². The molecule has 1 aliphatic heterocycles. The molecule has 1 unspecified atom stereocenters. The first-order valence-corrected chi connectivity index (χ1v) is 10.2. The number of nitrogens with zero attached hydrogens (tertiary/aromatic N) is 3. The second-order valence-electron chi connectivity index (χ2n) is 8.13. The van der Waals surface area contributed by atoms with Crippen molar-refractivity contribution in [2.24, 2.45) is 5.41 Å². The van der Waals surface area contributed by atoms with Crippen molar-refractivity contribution >= 4 is 0 Å². The van der Waals surface area contributed by atoms with Gasteiger partial charge >= 0.3 is 0 Å². The molecule has 2 heterocycles. The van der Waals surface area contributed by atoms with Gasteiger partial charge in [-0.2, -0.15) is 5.10 Å². The zero-order valence-electron chi connectivity index (χ0n) is 17.0. The lowest BCUT2D eigenvalue weighted by Gasteiger charge is -2.42. The topological polar surface area (TPSA) is 50.5 Å². The number of likely N-dealkylation sites (tertiary alicyclic amines) is 1. The highest BCUT2D eigenvalue weighted by molar-refractivity contribution is 5.31. The number of methoxy groups -OCH3 is 1. The molecule has 4 rings (SSSR count). The van der Waals surface area contributed by atoms with Gasteiger partial charge in [0.15, 0.2) is 0 Å². The van der Waals surface area contributed by atoms with Crippen molar-refractivity contribution in [3.63, 3.8) is 0 Å². The summed E-state index contributed by atoms with van der Waals surface area (Å²) in [5.41, 5.74) is 3.38. The third-order valence-electron chi connectivity index (χ3n) is 5.85. The lowest BCUT2D eigenvalue weighted by molar-refractivity contribution is 0.0288. The number of rotatable bonds is 7. The molecular weight excluding hydrogens is 362 g/mol. The smallest absolute Gasteiger partial charge is 0.119 e. The minimum absolute atomic E-state index is 0.111. The number of aliphatic hydroxyl groups is 1. The first-order chi connectivity index (χ1) is 14.2. The number of aliphatic hydroxyl groups excluding tert-OH is 1. The monoisotopic (exact) mass is 391 g/mol. The summed E-state index contributed by atoms with van der Waals surface area (Å²) in [6, 6.07) is 18.4. The summed E-state index contributed by atoms with van der Waals surface area (Å²) in [4.78, 5) is 2.45. The van der Waals surface area contributed by atoms with Crippen molar-refractivity contribution in [2.75, 3.05) is 26.8 Å². The standard InChI is InChI=1S/C24H29N3O2/c1-29-23-10-5-7-20(13-23)14-24(19-28)11-6-12-26(18-24)16-21-15-25-27(17-21)22-8-3-2-4-9-22/h2-5,7-10,13,15,17,28H,6,11-12,14,16,18-19H2,1H3. The summed E-state index contributed by atoms with van der Waals surface area (Å²) >= 11 is 0. The zero-order chi connectivity index (χ0) is 20.1. The Morgan fingerprint density at radius 1 is 1.10 bits per heavy atom. The fourth-order valence-electron chi connectivity index (χ4n) is 4.41. The maximum absolute atomic E-state index is 10.3. The van der Waals surface area contributed by atoms with Crippen LogP contribution in [-0.2, 0) is 13.0 Å². The summed E-state index contributed by atoms with van der Waals surface area (Å²) in [6.45, 7) is 2.99. The molecule has 1 aliphatic rings. The van der Waals surface area contributed by atoms with E-state index in [0.29, 0.717) is 0 Å². The first-order valence-electron chi connectivity index (χ1n) is 10.2. The van der Waals surface area contributed by atoms with E-state index in [0.717, 1.165) is 50.3 Å². The third kappa shape index (κ3) is 4.69. The van der Waals surface area contributed by atoms with E-state index in [2.05, 4.69) is 40.5 Å². The summed E-state index contributed by atoms with van der Waals surface area (Å²) in [7, 11) is 1.69. The molecule has 1 atom stereocenters. The second-order valence-corrected chi connectivity index (χ2v) is 8.13. The van der Waals surface area contributed by atoms with Crippen LogP contribution in [0.2, 0.25) is 0 Å². The molecule has 0 amide bonds. The van der Waals surface area contributed by atoms with Gasteiger partial charge in [0, 0.05) is 30.3 Å². The number of ether oxygens (including phenoxy) is 1. The Hall–Kier alpha value is -2.63. The lowest BCUT2D eigenvalue weighted by atomic mass is 9.75. The van der Waals surface area contributed by atoms with Crippen LogP contribution in [0.4, 0.5) is 0 Å². The molecule has 0 saturated carbocycles. The molecule has 152 valence electrons. The fraction of sp³-hybridized carbons (Fsp3) is 0.375. The van der Waals surface area contributed by atoms with E-state index in [-0.39, 0.29) is 12.0 Å². The Bertz CT molecular complexity index is 925. The second kappa shape index (κ2) is 8.80. The van der Waals surface area contributed by atoms with Gasteiger partial charge in [0.05, 0.1) is 25.6 Å². The number of hydrogen-bond donors (Lipinski definition) is 1. The molecule has 1 N–H and O–H groups in total. The molecule has 5 nitrogen and oxygen atoms in total. The Kier molecular flexibility index (Phi) is 5.97. The van der Waals surface area contributed by atoms with E-state index >= 15 is 0 Å². The van der Waals surface area contributed by atoms with Crippen LogP contribution in [0.15, 0.2) is 67.0 Å². The van der Waals surface area contributed by atoms with Gasteiger partial charge in [-0.25, -0.2) is 4.68 Å². The Morgan fingerprint density at radius 2 is 1.97 bits per heavy atom. The molecule has 1 aromatic heterocycles. The summed E-state index contributed by atoms with van der Waals surface area (Å²) in [5.74, 6) is 0.872. The summed E-state index contributed by atoms with van der Waals surface area (Å²) < 4.78 is 7.29. The Labute approximate surface area is 172 Å².